The molecule has 0 aromatic heterocycles. The molecule has 3 N–H and O–H groups in total. The summed E-state index contributed by atoms with van der Waals surface area (Å²) in [6.45, 7) is 6.45. The van der Waals surface area contributed by atoms with E-state index in [1.54, 1.807) is 0 Å². The van der Waals surface area contributed by atoms with Crippen molar-refractivity contribution >= 4 is 0 Å². The molecule has 0 spiro atoms. The van der Waals surface area contributed by atoms with Crippen molar-refractivity contribution in [2.45, 2.75) is 39.5 Å². The highest BCUT2D eigenvalue weighted by molar-refractivity contribution is 4.79. The second-order valence-electron chi connectivity index (χ2n) is 3.97. The van der Waals surface area contributed by atoms with Gasteiger partial charge >= 0.3 is 0 Å². The van der Waals surface area contributed by atoms with Crippen LogP contribution in [-0.2, 0) is 4.74 Å². The first kappa shape index (κ1) is 13.9. The molecule has 0 saturated carbocycles. The molecule has 0 saturated heterocycles. The second-order valence-corrected chi connectivity index (χ2v) is 3.97. The molecule has 14 heavy (non-hydrogen) atoms. The Hall–Kier alpha value is -0.120. The Kier molecular flexibility index (Phi) is 8.14. The maximum atomic E-state index is 9.33. The van der Waals surface area contributed by atoms with E-state index in [1.807, 2.05) is 0 Å². The zero-order chi connectivity index (χ0) is 10.9. The fraction of sp³-hybridized carbons (Fsp3) is 1.00. The third kappa shape index (κ3) is 4.94. The first-order valence-electron chi connectivity index (χ1n) is 5.63. The summed E-state index contributed by atoms with van der Waals surface area (Å²) < 4.78 is 5.42. The van der Waals surface area contributed by atoms with E-state index in [9.17, 15) is 5.11 Å². The summed E-state index contributed by atoms with van der Waals surface area (Å²) in [5.74, 6) is 0. The number of hydrogen-bond acceptors (Lipinski definition) is 3. The lowest BCUT2D eigenvalue weighted by Gasteiger charge is -2.29. The fourth-order valence-corrected chi connectivity index (χ4v) is 1.62. The minimum Gasteiger partial charge on any atom is -0.396 e. The minimum atomic E-state index is -0.109. The van der Waals surface area contributed by atoms with Crippen molar-refractivity contribution < 1.29 is 9.84 Å². The van der Waals surface area contributed by atoms with E-state index in [0.29, 0.717) is 13.2 Å². The van der Waals surface area contributed by atoms with Crippen LogP contribution in [0, 0.1) is 5.41 Å². The summed E-state index contributed by atoms with van der Waals surface area (Å²) in [6.07, 6.45) is 3.96. The molecule has 0 radical (unpaired) electrons. The lowest BCUT2D eigenvalue weighted by atomic mass is 9.81. The van der Waals surface area contributed by atoms with Gasteiger partial charge in [0, 0.05) is 31.8 Å². The summed E-state index contributed by atoms with van der Waals surface area (Å²) in [7, 11) is 0. The first-order valence-corrected chi connectivity index (χ1v) is 5.63. The van der Waals surface area contributed by atoms with Gasteiger partial charge < -0.3 is 15.6 Å². The largest absolute Gasteiger partial charge is 0.396 e. The molecular formula is C11H25NO2. The molecule has 0 fully saturated rings. The summed E-state index contributed by atoms with van der Waals surface area (Å²) >= 11 is 0. The molecule has 0 heterocycles. The van der Waals surface area contributed by atoms with Crippen LogP contribution in [0.15, 0.2) is 0 Å². The number of ether oxygens (including phenoxy) is 1. The van der Waals surface area contributed by atoms with Crippen LogP contribution >= 0.6 is 0 Å². The molecule has 1 unspecified atom stereocenters. The smallest absolute Gasteiger partial charge is 0.0500 e. The number of aliphatic hydroxyl groups excluding tert-OH is 1. The van der Waals surface area contributed by atoms with Crippen LogP contribution in [0.4, 0.5) is 0 Å². The minimum absolute atomic E-state index is 0.109. The molecule has 0 aliphatic rings. The van der Waals surface area contributed by atoms with Crippen molar-refractivity contribution in [3.05, 3.63) is 0 Å². The van der Waals surface area contributed by atoms with Crippen LogP contribution in [0.5, 0.6) is 0 Å². The Morgan fingerprint density at radius 3 is 2.29 bits per heavy atom. The van der Waals surface area contributed by atoms with Gasteiger partial charge in [0.05, 0.1) is 0 Å². The van der Waals surface area contributed by atoms with Crippen molar-refractivity contribution in [1.29, 1.82) is 0 Å². The van der Waals surface area contributed by atoms with Gasteiger partial charge in [0.15, 0.2) is 0 Å². The van der Waals surface area contributed by atoms with E-state index >= 15 is 0 Å². The van der Waals surface area contributed by atoms with Gasteiger partial charge in [0.1, 0.15) is 0 Å². The van der Waals surface area contributed by atoms with Gasteiger partial charge in [-0.05, 0) is 19.3 Å². The van der Waals surface area contributed by atoms with Crippen molar-refractivity contribution in [3.63, 3.8) is 0 Å². The summed E-state index contributed by atoms with van der Waals surface area (Å²) in [5, 5.41) is 9.33. The van der Waals surface area contributed by atoms with E-state index in [4.69, 9.17) is 10.5 Å². The predicted molar refractivity (Wildman–Crippen MR) is 59.2 cm³/mol. The summed E-state index contributed by atoms with van der Waals surface area (Å²) in [5.41, 5.74) is 5.59. The third-order valence-corrected chi connectivity index (χ3v) is 2.67. The highest BCUT2D eigenvalue weighted by Gasteiger charge is 2.26. The van der Waals surface area contributed by atoms with Gasteiger partial charge in [-0.15, -0.1) is 0 Å². The van der Waals surface area contributed by atoms with E-state index in [1.165, 1.54) is 0 Å². The normalized spacial score (nSPS) is 15.4. The molecule has 0 aliphatic heterocycles. The van der Waals surface area contributed by atoms with Gasteiger partial charge in [-0.25, -0.2) is 0 Å². The van der Waals surface area contributed by atoms with E-state index < -0.39 is 0 Å². The molecule has 0 aromatic rings. The number of hydrogen-bond donors (Lipinski definition) is 2. The zero-order valence-electron chi connectivity index (χ0n) is 9.59. The average molecular weight is 203 g/mol. The quantitative estimate of drug-likeness (QED) is 0.559. The molecule has 0 amide bonds. The molecule has 86 valence electrons. The lowest BCUT2D eigenvalue weighted by Crippen LogP contribution is -2.35. The van der Waals surface area contributed by atoms with Crippen LogP contribution in [0.2, 0.25) is 0 Å². The van der Waals surface area contributed by atoms with Crippen LogP contribution in [0.25, 0.3) is 0 Å². The standard InChI is InChI=1S/C11H25NO2/c1-3-5-11(9-12,10-13)6-8-14-7-4-2/h13H,3-10,12H2,1-2H3. The maximum Gasteiger partial charge on any atom is 0.0500 e. The van der Waals surface area contributed by atoms with Gasteiger partial charge in [-0.3, -0.25) is 0 Å². The van der Waals surface area contributed by atoms with Crippen LogP contribution in [-0.4, -0.2) is 31.5 Å². The maximum absolute atomic E-state index is 9.33. The van der Waals surface area contributed by atoms with Crippen molar-refractivity contribution in [2.75, 3.05) is 26.4 Å². The van der Waals surface area contributed by atoms with Crippen LogP contribution < -0.4 is 5.73 Å². The molecule has 1 atom stereocenters. The summed E-state index contributed by atoms with van der Waals surface area (Å²) in [4.78, 5) is 0. The average Bonchev–Trinajstić information content (AvgIpc) is 2.23. The Balaban J connectivity index is 3.82. The van der Waals surface area contributed by atoms with Crippen molar-refractivity contribution in [2.24, 2.45) is 11.1 Å². The molecule has 0 bridgehead atoms. The Labute approximate surface area is 87.6 Å². The Morgan fingerprint density at radius 1 is 1.14 bits per heavy atom. The Morgan fingerprint density at radius 2 is 1.86 bits per heavy atom. The van der Waals surface area contributed by atoms with Gasteiger partial charge in [0.25, 0.3) is 0 Å². The van der Waals surface area contributed by atoms with Gasteiger partial charge in [-0.2, -0.15) is 0 Å². The second kappa shape index (κ2) is 8.21. The lowest BCUT2D eigenvalue weighted by molar-refractivity contribution is 0.0555. The van der Waals surface area contributed by atoms with Crippen molar-refractivity contribution in [1.82, 2.24) is 0 Å². The summed E-state index contributed by atoms with van der Waals surface area (Å²) in [6, 6.07) is 0. The topological polar surface area (TPSA) is 55.5 Å². The molecule has 0 aliphatic carbocycles. The molecule has 3 heteroatoms. The van der Waals surface area contributed by atoms with E-state index in [2.05, 4.69) is 13.8 Å². The third-order valence-electron chi connectivity index (χ3n) is 2.67. The highest BCUT2D eigenvalue weighted by Crippen LogP contribution is 2.26. The van der Waals surface area contributed by atoms with E-state index in [-0.39, 0.29) is 12.0 Å². The zero-order valence-corrected chi connectivity index (χ0v) is 9.59. The number of nitrogens with two attached hydrogens (primary N) is 1. The molecule has 0 rings (SSSR count). The number of rotatable bonds is 9. The molecule has 0 aromatic carbocycles. The first-order chi connectivity index (χ1) is 6.74. The van der Waals surface area contributed by atoms with Gasteiger partial charge in [-0.1, -0.05) is 20.3 Å². The monoisotopic (exact) mass is 203 g/mol. The van der Waals surface area contributed by atoms with Gasteiger partial charge in [0.2, 0.25) is 0 Å². The molecular weight excluding hydrogens is 178 g/mol. The Bertz CT molecular complexity index is 124. The molecule has 3 nitrogen and oxygen atoms in total. The van der Waals surface area contributed by atoms with Crippen LogP contribution in [0.1, 0.15) is 39.5 Å². The number of aliphatic hydroxyl groups is 1. The van der Waals surface area contributed by atoms with E-state index in [0.717, 1.165) is 32.3 Å². The van der Waals surface area contributed by atoms with Crippen molar-refractivity contribution in [3.8, 4) is 0 Å². The fourth-order valence-electron chi connectivity index (χ4n) is 1.62. The predicted octanol–water partition coefficient (Wildman–Crippen LogP) is 1.54. The van der Waals surface area contributed by atoms with Crippen LogP contribution in [0.3, 0.4) is 0 Å². The SMILES string of the molecule is CCCOCCC(CN)(CO)CCC. The highest BCUT2D eigenvalue weighted by atomic mass is 16.5.